The van der Waals surface area contributed by atoms with E-state index in [1.54, 1.807) is 13.8 Å². The fourth-order valence-corrected chi connectivity index (χ4v) is 1.31. The van der Waals surface area contributed by atoms with Gasteiger partial charge in [0.05, 0.1) is 6.54 Å². The van der Waals surface area contributed by atoms with Crippen LogP contribution in [0.15, 0.2) is 24.3 Å². The van der Waals surface area contributed by atoms with Crippen LogP contribution in [0.4, 0.5) is 4.39 Å². The number of carbonyl (C=O) groups excluding carboxylic acids is 1. The predicted molar refractivity (Wildman–Crippen MR) is 59.3 cm³/mol. The first-order valence-electron chi connectivity index (χ1n) is 5.21. The van der Waals surface area contributed by atoms with E-state index < -0.39 is 5.60 Å². The molecule has 4 heteroatoms. The highest BCUT2D eigenvalue weighted by Crippen LogP contribution is 2.19. The van der Waals surface area contributed by atoms with Crippen LogP contribution in [0.5, 0.6) is 0 Å². The fourth-order valence-electron chi connectivity index (χ4n) is 1.31. The summed E-state index contributed by atoms with van der Waals surface area (Å²) in [5, 5.41) is 12.7. The molecule has 0 spiro atoms. The van der Waals surface area contributed by atoms with Crippen LogP contribution < -0.4 is 5.32 Å². The van der Waals surface area contributed by atoms with Crippen LogP contribution in [-0.4, -0.2) is 17.6 Å². The number of nitrogens with one attached hydrogen (secondary N) is 1. The van der Waals surface area contributed by atoms with Crippen molar-refractivity contribution in [3.63, 3.8) is 0 Å². The molecule has 1 atom stereocenters. The van der Waals surface area contributed by atoms with Gasteiger partial charge in [-0.1, -0.05) is 19.1 Å². The summed E-state index contributed by atoms with van der Waals surface area (Å²) in [6.45, 7) is 3.43. The van der Waals surface area contributed by atoms with Crippen LogP contribution in [0.2, 0.25) is 0 Å². The van der Waals surface area contributed by atoms with Gasteiger partial charge in [0.15, 0.2) is 0 Å². The molecule has 1 aromatic rings. The third kappa shape index (κ3) is 3.31. The Kier molecular flexibility index (Phi) is 4.01. The highest BCUT2D eigenvalue weighted by atomic mass is 19.1. The van der Waals surface area contributed by atoms with Crippen LogP contribution >= 0.6 is 0 Å². The second-order valence-corrected chi connectivity index (χ2v) is 3.91. The summed E-state index contributed by atoms with van der Waals surface area (Å²) >= 11 is 0. The summed E-state index contributed by atoms with van der Waals surface area (Å²) in [4.78, 5) is 11.1. The zero-order valence-electron chi connectivity index (χ0n) is 9.46. The highest BCUT2D eigenvalue weighted by Gasteiger charge is 2.23. The summed E-state index contributed by atoms with van der Waals surface area (Å²) in [6, 6.07) is 5.58. The Labute approximate surface area is 94.3 Å². The largest absolute Gasteiger partial charge is 0.384 e. The van der Waals surface area contributed by atoms with Gasteiger partial charge in [0, 0.05) is 6.42 Å². The molecule has 1 rings (SSSR count). The van der Waals surface area contributed by atoms with Crippen molar-refractivity contribution in [2.75, 3.05) is 6.54 Å². The molecule has 0 aromatic heterocycles. The molecule has 88 valence electrons. The Balaban J connectivity index is 2.69. The van der Waals surface area contributed by atoms with Gasteiger partial charge >= 0.3 is 0 Å². The SMILES string of the molecule is CCC(=O)NCC(C)(O)c1ccc(F)cc1. The molecule has 1 unspecified atom stereocenters. The van der Waals surface area contributed by atoms with Crippen LogP contribution in [0.3, 0.4) is 0 Å². The molecule has 0 radical (unpaired) electrons. The molecule has 1 amide bonds. The number of amides is 1. The van der Waals surface area contributed by atoms with E-state index in [4.69, 9.17) is 0 Å². The Morgan fingerprint density at radius 3 is 2.50 bits per heavy atom. The number of halogens is 1. The molecule has 0 saturated heterocycles. The minimum absolute atomic E-state index is 0.116. The van der Waals surface area contributed by atoms with Crippen molar-refractivity contribution in [3.05, 3.63) is 35.6 Å². The highest BCUT2D eigenvalue weighted by molar-refractivity contribution is 5.75. The molecule has 0 fully saturated rings. The second-order valence-electron chi connectivity index (χ2n) is 3.91. The molecule has 0 aliphatic rings. The van der Waals surface area contributed by atoms with E-state index in [1.165, 1.54) is 24.3 Å². The number of aliphatic hydroxyl groups is 1. The van der Waals surface area contributed by atoms with Crippen LogP contribution in [0.25, 0.3) is 0 Å². The molecule has 0 aliphatic heterocycles. The van der Waals surface area contributed by atoms with Gasteiger partial charge in [0.2, 0.25) is 5.91 Å². The number of benzene rings is 1. The van der Waals surface area contributed by atoms with E-state index >= 15 is 0 Å². The Morgan fingerprint density at radius 1 is 1.44 bits per heavy atom. The summed E-state index contributed by atoms with van der Waals surface area (Å²) < 4.78 is 12.7. The van der Waals surface area contributed by atoms with Crippen LogP contribution in [0.1, 0.15) is 25.8 Å². The molecule has 1 aromatic carbocycles. The zero-order valence-corrected chi connectivity index (χ0v) is 9.46. The summed E-state index contributed by atoms with van der Waals surface area (Å²) in [7, 11) is 0. The van der Waals surface area contributed by atoms with Gasteiger partial charge in [-0.3, -0.25) is 4.79 Å². The molecular formula is C12H16FNO2. The predicted octanol–water partition coefficient (Wildman–Crippen LogP) is 1.56. The second kappa shape index (κ2) is 5.07. The average Bonchev–Trinajstić information content (AvgIpc) is 2.26. The normalized spacial score (nSPS) is 14.2. The number of hydrogen-bond donors (Lipinski definition) is 2. The lowest BCUT2D eigenvalue weighted by Gasteiger charge is -2.24. The van der Waals surface area contributed by atoms with Crippen molar-refractivity contribution in [1.29, 1.82) is 0 Å². The van der Waals surface area contributed by atoms with Gasteiger partial charge in [0.25, 0.3) is 0 Å². The lowest BCUT2D eigenvalue weighted by atomic mass is 9.96. The van der Waals surface area contributed by atoms with E-state index in [9.17, 15) is 14.3 Å². The van der Waals surface area contributed by atoms with Gasteiger partial charge in [-0.25, -0.2) is 4.39 Å². The molecule has 16 heavy (non-hydrogen) atoms. The fraction of sp³-hybridized carbons (Fsp3) is 0.417. The minimum atomic E-state index is -1.18. The van der Waals surface area contributed by atoms with Gasteiger partial charge in [-0.2, -0.15) is 0 Å². The molecule has 0 aliphatic carbocycles. The first kappa shape index (κ1) is 12.6. The summed E-state index contributed by atoms with van der Waals surface area (Å²) in [5.74, 6) is -0.473. The van der Waals surface area contributed by atoms with Crippen molar-refractivity contribution >= 4 is 5.91 Å². The molecule has 0 bridgehead atoms. The first-order valence-corrected chi connectivity index (χ1v) is 5.21. The third-order valence-electron chi connectivity index (χ3n) is 2.42. The van der Waals surface area contributed by atoms with E-state index in [-0.39, 0.29) is 18.3 Å². The quantitative estimate of drug-likeness (QED) is 0.817. The molecule has 2 N–H and O–H groups in total. The van der Waals surface area contributed by atoms with Crippen molar-refractivity contribution in [2.45, 2.75) is 25.9 Å². The smallest absolute Gasteiger partial charge is 0.219 e. The molecule has 3 nitrogen and oxygen atoms in total. The minimum Gasteiger partial charge on any atom is -0.384 e. The summed E-state index contributed by atoms with van der Waals surface area (Å²) in [6.07, 6.45) is 0.375. The Morgan fingerprint density at radius 2 is 2.00 bits per heavy atom. The van der Waals surface area contributed by atoms with E-state index in [0.717, 1.165) is 0 Å². The van der Waals surface area contributed by atoms with Crippen molar-refractivity contribution in [3.8, 4) is 0 Å². The van der Waals surface area contributed by atoms with Gasteiger partial charge in [0.1, 0.15) is 11.4 Å². The standard InChI is InChI=1S/C12H16FNO2/c1-3-11(15)14-8-12(2,16)9-4-6-10(13)7-5-9/h4-7,16H,3,8H2,1-2H3,(H,14,15). The number of carbonyl (C=O) groups is 1. The van der Waals surface area contributed by atoms with Crippen molar-refractivity contribution < 1.29 is 14.3 Å². The molecule has 0 heterocycles. The Bertz CT molecular complexity index is 360. The maximum atomic E-state index is 12.7. The van der Waals surface area contributed by atoms with Crippen LogP contribution in [0, 0.1) is 5.82 Å². The van der Waals surface area contributed by atoms with E-state index in [0.29, 0.717) is 12.0 Å². The maximum Gasteiger partial charge on any atom is 0.219 e. The number of hydrogen-bond acceptors (Lipinski definition) is 2. The van der Waals surface area contributed by atoms with Crippen molar-refractivity contribution in [2.24, 2.45) is 0 Å². The molecular weight excluding hydrogens is 209 g/mol. The third-order valence-corrected chi connectivity index (χ3v) is 2.42. The van der Waals surface area contributed by atoms with Gasteiger partial charge < -0.3 is 10.4 Å². The monoisotopic (exact) mass is 225 g/mol. The molecule has 0 saturated carbocycles. The lowest BCUT2D eigenvalue weighted by Crippen LogP contribution is -2.38. The van der Waals surface area contributed by atoms with E-state index in [1.807, 2.05) is 0 Å². The summed E-state index contributed by atoms with van der Waals surface area (Å²) in [5.41, 5.74) is -0.608. The lowest BCUT2D eigenvalue weighted by molar-refractivity contribution is -0.122. The zero-order chi connectivity index (χ0) is 12.2. The topological polar surface area (TPSA) is 49.3 Å². The van der Waals surface area contributed by atoms with E-state index in [2.05, 4.69) is 5.32 Å². The van der Waals surface area contributed by atoms with Gasteiger partial charge in [-0.15, -0.1) is 0 Å². The maximum absolute atomic E-state index is 12.7. The van der Waals surface area contributed by atoms with Crippen LogP contribution in [-0.2, 0) is 10.4 Å². The van der Waals surface area contributed by atoms with Crippen molar-refractivity contribution in [1.82, 2.24) is 5.32 Å². The first-order chi connectivity index (χ1) is 7.45. The van der Waals surface area contributed by atoms with Gasteiger partial charge in [-0.05, 0) is 24.6 Å². The Hall–Kier alpha value is -1.42. The number of rotatable bonds is 4. The average molecular weight is 225 g/mol.